The molecule has 23 heavy (non-hydrogen) atoms. The van der Waals surface area contributed by atoms with Crippen LogP contribution in [0.4, 0.5) is 0 Å². The maximum absolute atomic E-state index is 9.71. The summed E-state index contributed by atoms with van der Waals surface area (Å²) < 4.78 is 7.80. The lowest BCUT2D eigenvalue weighted by Gasteiger charge is -2.22. The summed E-state index contributed by atoms with van der Waals surface area (Å²) in [7, 11) is 0. The van der Waals surface area contributed by atoms with E-state index in [2.05, 4.69) is 9.55 Å². The van der Waals surface area contributed by atoms with E-state index in [0.717, 1.165) is 42.0 Å². The van der Waals surface area contributed by atoms with Gasteiger partial charge < -0.3 is 14.4 Å². The molecule has 1 N–H and O–H groups in total. The molecule has 0 amide bonds. The largest absolute Gasteiger partial charge is 0.508 e. The minimum atomic E-state index is 0.280. The van der Waals surface area contributed by atoms with Crippen molar-refractivity contribution in [3.63, 3.8) is 0 Å². The molecule has 1 atom stereocenters. The van der Waals surface area contributed by atoms with Gasteiger partial charge in [0.2, 0.25) is 0 Å². The molecule has 0 saturated carbocycles. The van der Waals surface area contributed by atoms with Gasteiger partial charge in [-0.25, -0.2) is 9.97 Å². The second kappa shape index (κ2) is 6.01. The van der Waals surface area contributed by atoms with E-state index in [0.29, 0.717) is 19.1 Å². The molecule has 1 aliphatic rings. The lowest BCUT2D eigenvalue weighted by molar-refractivity contribution is 0.0772. The molecule has 1 saturated heterocycles. The molecular formula is C18H19N3O2. The number of imidazole rings is 1. The zero-order valence-electron chi connectivity index (χ0n) is 12.9. The number of fused-ring (bicyclic) bond motifs is 1. The third kappa shape index (κ3) is 2.80. The van der Waals surface area contributed by atoms with Gasteiger partial charge in [0.1, 0.15) is 17.1 Å². The Morgan fingerprint density at radius 2 is 2.22 bits per heavy atom. The highest BCUT2D eigenvalue weighted by molar-refractivity contribution is 5.71. The summed E-state index contributed by atoms with van der Waals surface area (Å²) in [6.07, 6.45) is 3.95. The predicted molar refractivity (Wildman–Crippen MR) is 87.5 cm³/mol. The number of hydrogen-bond donors (Lipinski definition) is 1. The second-order valence-corrected chi connectivity index (χ2v) is 5.99. The van der Waals surface area contributed by atoms with Crippen molar-refractivity contribution in [2.45, 2.75) is 25.3 Å². The van der Waals surface area contributed by atoms with Gasteiger partial charge in [-0.2, -0.15) is 0 Å². The van der Waals surface area contributed by atoms with E-state index in [9.17, 15) is 5.11 Å². The van der Waals surface area contributed by atoms with E-state index in [4.69, 9.17) is 9.72 Å². The van der Waals surface area contributed by atoms with Crippen LogP contribution < -0.4 is 0 Å². The van der Waals surface area contributed by atoms with Crippen molar-refractivity contribution in [2.75, 3.05) is 13.2 Å². The first-order valence-corrected chi connectivity index (χ1v) is 7.98. The standard InChI is InChI=1S/C18H19N3O2/c22-15-6-1-4-13(10-15)11-21-17(14-5-3-9-23-12-14)20-16-7-2-8-19-18(16)21/h1-2,4,6-8,10,14,22H,3,5,9,11-12H2. The molecule has 5 nitrogen and oxygen atoms in total. The van der Waals surface area contributed by atoms with E-state index in [1.165, 1.54) is 0 Å². The van der Waals surface area contributed by atoms with Crippen LogP contribution in [0.15, 0.2) is 42.6 Å². The third-order valence-corrected chi connectivity index (χ3v) is 4.31. The number of aromatic nitrogens is 3. The molecule has 0 bridgehead atoms. The minimum Gasteiger partial charge on any atom is -0.508 e. The fourth-order valence-corrected chi connectivity index (χ4v) is 3.23. The highest BCUT2D eigenvalue weighted by Gasteiger charge is 2.23. The third-order valence-electron chi connectivity index (χ3n) is 4.31. The number of hydrogen-bond acceptors (Lipinski definition) is 4. The predicted octanol–water partition coefficient (Wildman–Crippen LogP) is 3.08. The first kappa shape index (κ1) is 14.2. The van der Waals surface area contributed by atoms with Crippen LogP contribution in [0.25, 0.3) is 11.2 Å². The smallest absolute Gasteiger partial charge is 0.160 e. The van der Waals surface area contributed by atoms with Crippen molar-refractivity contribution in [3.8, 4) is 5.75 Å². The number of ether oxygens (including phenoxy) is 1. The van der Waals surface area contributed by atoms with E-state index in [1.807, 2.05) is 24.3 Å². The van der Waals surface area contributed by atoms with Gasteiger partial charge in [-0.15, -0.1) is 0 Å². The summed E-state index contributed by atoms with van der Waals surface area (Å²) in [6.45, 7) is 2.19. The van der Waals surface area contributed by atoms with Crippen LogP contribution in [-0.2, 0) is 11.3 Å². The van der Waals surface area contributed by atoms with Crippen molar-refractivity contribution in [1.82, 2.24) is 14.5 Å². The van der Waals surface area contributed by atoms with Gasteiger partial charge in [0.05, 0.1) is 13.2 Å². The molecule has 1 aliphatic heterocycles. The minimum absolute atomic E-state index is 0.280. The average molecular weight is 309 g/mol. The molecule has 2 aromatic heterocycles. The summed E-state index contributed by atoms with van der Waals surface area (Å²) in [5, 5.41) is 9.71. The highest BCUT2D eigenvalue weighted by atomic mass is 16.5. The first-order chi connectivity index (χ1) is 11.3. The second-order valence-electron chi connectivity index (χ2n) is 5.99. The number of pyridine rings is 1. The molecule has 0 aliphatic carbocycles. The number of phenols is 1. The molecule has 4 rings (SSSR count). The normalized spacial score (nSPS) is 18.3. The average Bonchev–Trinajstić information content (AvgIpc) is 2.95. The van der Waals surface area contributed by atoms with Gasteiger partial charge in [-0.05, 0) is 42.7 Å². The Balaban J connectivity index is 1.79. The molecule has 3 aromatic rings. The Bertz CT molecular complexity index is 822. The number of nitrogens with zero attached hydrogens (tertiary/aromatic N) is 3. The summed E-state index contributed by atoms with van der Waals surface area (Å²) in [5.41, 5.74) is 2.83. The first-order valence-electron chi connectivity index (χ1n) is 7.98. The van der Waals surface area contributed by atoms with Crippen molar-refractivity contribution in [2.24, 2.45) is 0 Å². The van der Waals surface area contributed by atoms with E-state index < -0.39 is 0 Å². The molecule has 118 valence electrons. The summed E-state index contributed by atoms with van der Waals surface area (Å²) >= 11 is 0. The maximum Gasteiger partial charge on any atom is 0.160 e. The molecule has 1 aromatic carbocycles. The van der Waals surface area contributed by atoms with Crippen molar-refractivity contribution >= 4 is 11.2 Å². The van der Waals surface area contributed by atoms with Gasteiger partial charge in [-0.3, -0.25) is 0 Å². The topological polar surface area (TPSA) is 60.2 Å². The highest BCUT2D eigenvalue weighted by Crippen LogP contribution is 2.28. The summed E-state index contributed by atoms with van der Waals surface area (Å²) in [6, 6.07) is 11.2. The van der Waals surface area contributed by atoms with Crippen LogP contribution in [0, 0.1) is 0 Å². The number of aromatic hydroxyl groups is 1. The molecule has 0 radical (unpaired) electrons. The van der Waals surface area contributed by atoms with Crippen LogP contribution in [0.3, 0.4) is 0 Å². The van der Waals surface area contributed by atoms with E-state index in [-0.39, 0.29) is 5.75 Å². The van der Waals surface area contributed by atoms with Crippen LogP contribution in [0.1, 0.15) is 30.1 Å². The molecule has 3 heterocycles. The summed E-state index contributed by atoms with van der Waals surface area (Å²) in [4.78, 5) is 9.33. The number of benzene rings is 1. The van der Waals surface area contributed by atoms with Crippen LogP contribution in [0.2, 0.25) is 0 Å². The quantitative estimate of drug-likeness (QED) is 0.807. The van der Waals surface area contributed by atoms with Crippen LogP contribution in [-0.4, -0.2) is 32.9 Å². The fourth-order valence-electron chi connectivity index (χ4n) is 3.23. The van der Waals surface area contributed by atoms with E-state index in [1.54, 1.807) is 18.3 Å². The zero-order valence-corrected chi connectivity index (χ0v) is 12.9. The fraction of sp³-hybridized carbons (Fsp3) is 0.333. The Morgan fingerprint density at radius 3 is 3.04 bits per heavy atom. The molecule has 1 unspecified atom stereocenters. The van der Waals surface area contributed by atoms with Gasteiger partial charge >= 0.3 is 0 Å². The summed E-state index contributed by atoms with van der Waals surface area (Å²) in [5.74, 6) is 1.61. The van der Waals surface area contributed by atoms with E-state index >= 15 is 0 Å². The van der Waals surface area contributed by atoms with Gasteiger partial charge in [0.15, 0.2) is 5.65 Å². The van der Waals surface area contributed by atoms with Gasteiger partial charge in [0, 0.05) is 18.7 Å². The lowest BCUT2D eigenvalue weighted by atomic mass is 10.0. The SMILES string of the molecule is Oc1cccc(Cn2c(C3CCCOC3)nc3cccnc32)c1. The molecular weight excluding hydrogens is 290 g/mol. The molecule has 5 heteroatoms. The van der Waals surface area contributed by atoms with Crippen LogP contribution in [0.5, 0.6) is 5.75 Å². The Labute approximate surface area is 134 Å². The van der Waals surface area contributed by atoms with Gasteiger partial charge in [-0.1, -0.05) is 12.1 Å². The lowest BCUT2D eigenvalue weighted by Crippen LogP contribution is -2.20. The Hall–Kier alpha value is -2.40. The van der Waals surface area contributed by atoms with Crippen molar-refractivity contribution in [1.29, 1.82) is 0 Å². The van der Waals surface area contributed by atoms with Crippen molar-refractivity contribution < 1.29 is 9.84 Å². The van der Waals surface area contributed by atoms with Crippen LogP contribution >= 0.6 is 0 Å². The number of rotatable bonds is 3. The number of phenolic OH excluding ortho intramolecular Hbond substituents is 1. The van der Waals surface area contributed by atoms with Crippen molar-refractivity contribution in [3.05, 3.63) is 54.0 Å². The monoisotopic (exact) mass is 309 g/mol. The molecule has 0 spiro atoms. The maximum atomic E-state index is 9.71. The Morgan fingerprint density at radius 1 is 1.26 bits per heavy atom. The Kier molecular flexibility index (Phi) is 3.71. The zero-order chi connectivity index (χ0) is 15.6. The molecule has 1 fully saturated rings. The van der Waals surface area contributed by atoms with Gasteiger partial charge in [0.25, 0.3) is 0 Å².